The van der Waals surface area contributed by atoms with Crippen LogP contribution in [-0.4, -0.2) is 20.2 Å². The predicted octanol–water partition coefficient (Wildman–Crippen LogP) is 1.94. The summed E-state index contributed by atoms with van der Waals surface area (Å²) in [5, 5.41) is 0. The smallest absolute Gasteiger partial charge is 0.339 e. The van der Waals surface area contributed by atoms with Crippen LogP contribution in [0, 0.1) is 0 Å². The van der Waals surface area contributed by atoms with Crippen LogP contribution in [0.4, 0.5) is 0 Å². The molecule has 0 saturated carbocycles. The molecular weight excluding hydrogens is 196 g/mol. The molecule has 1 heterocycles. The summed E-state index contributed by atoms with van der Waals surface area (Å²) < 4.78 is 15.4. The zero-order valence-electron chi connectivity index (χ0n) is 8.87. The highest BCUT2D eigenvalue weighted by atomic mass is 16.6. The van der Waals surface area contributed by atoms with Gasteiger partial charge in [0.2, 0.25) is 0 Å². The average molecular weight is 208 g/mol. The van der Waals surface area contributed by atoms with E-state index in [2.05, 4.69) is 0 Å². The first-order chi connectivity index (χ1) is 7.17. The number of carbonyl (C=O) groups is 1. The van der Waals surface area contributed by atoms with Crippen LogP contribution in [0.2, 0.25) is 0 Å². The molecular formula is C11H12O4. The standard InChI is InChI=1S/C11H12O4/c1-6-10-8(11(12)15-6)4-7(13-2)5-9(10)14-3/h4-6H,1-3H3. The van der Waals surface area contributed by atoms with Gasteiger partial charge in [0.05, 0.1) is 19.8 Å². The van der Waals surface area contributed by atoms with Gasteiger partial charge in [-0.15, -0.1) is 0 Å². The normalized spacial score (nSPS) is 18.3. The van der Waals surface area contributed by atoms with Crippen LogP contribution in [0.5, 0.6) is 11.5 Å². The molecule has 0 N–H and O–H groups in total. The van der Waals surface area contributed by atoms with E-state index in [-0.39, 0.29) is 12.1 Å². The molecule has 1 aliphatic rings. The Kier molecular flexibility index (Phi) is 2.26. The Labute approximate surface area is 87.8 Å². The second kappa shape index (κ2) is 3.46. The molecule has 1 aromatic rings. The molecule has 0 aliphatic carbocycles. The van der Waals surface area contributed by atoms with Crippen LogP contribution < -0.4 is 9.47 Å². The molecule has 15 heavy (non-hydrogen) atoms. The summed E-state index contributed by atoms with van der Waals surface area (Å²) in [6.07, 6.45) is -0.256. The van der Waals surface area contributed by atoms with Crippen molar-refractivity contribution in [1.82, 2.24) is 0 Å². The number of fused-ring (bicyclic) bond motifs is 1. The van der Waals surface area contributed by atoms with Crippen LogP contribution in [0.1, 0.15) is 28.9 Å². The lowest BCUT2D eigenvalue weighted by atomic mass is 10.0. The second-order valence-corrected chi connectivity index (χ2v) is 3.34. The van der Waals surface area contributed by atoms with E-state index in [9.17, 15) is 4.79 Å². The minimum atomic E-state index is -0.324. The van der Waals surface area contributed by atoms with Crippen molar-refractivity contribution in [2.75, 3.05) is 14.2 Å². The minimum Gasteiger partial charge on any atom is -0.497 e. The maximum absolute atomic E-state index is 11.5. The van der Waals surface area contributed by atoms with Gasteiger partial charge in [-0.2, -0.15) is 0 Å². The van der Waals surface area contributed by atoms with Gasteiger partial charge in [-0.25, -0.2) is 4.79 Å². The number of rotatable bonds is 2. The molecule has 0 radical (unpaired) electrons. The lowest BCUT2D eigenvalue weighted by Gasteiger charge is -2.10. The summed E-state index contributed by atoms with van der Waals surface area (Å²) in [6, 6.07) is 3.42. The molecule has 2 rings (SSSR count). The zero-order valence-corrected chi connectivity index (χ0v) is 8.87. The molecule has 1 unspecified atom stereocenters. The Morgan fingerprint density at radius 3 is 2.60 bits per heavy atom. The Balaban J connectivity index is 2.62. The van der Waals surface area contributed by atoms with Crippen LogP contribution >= 0.6 is 0 Å². The van der Waals surface area contributed by atoms with E-state index >= 15 is 0 Å². The van der Waals surface area contributed by atoms with Gasteiger partial charge < -0.3 is 14.2 Å². The summed E-state index contributed by atoms with van der Waals surface area (Å²) in [4.78, 5) is 11.5. The van der Waals surface area contributed by atoms with Crippen molar-refractivity contribution in [2.45, 2.75) is 13.0 Å². The van der Waals surface area contributed by atoms with Crippen molar-refractivity contribution >= 4 is 5.97 Å². The average Bonchev–Trinajstić information content (AvgIpc) is 2.53. The van der Waals surface area contributed by atoms with Gasteiger partial charge in [-0.3, -0.25) is 0 Å². The zero-order chi connectivity index (χ0) is 11.0. The molecule has 0 fully saturated rings. The van der Waals surface area contributed by atoms with E-state index in [1.165, 1.54) is 0 Å². The van der Waals surface area contributed by atoms with Crippen LogP contribution in [0.15, 0.2) is 12.1 Å². The summed E-state index contributed by atoms with van der Waals surface area (Å²) >= 11 is 0. The summed E-state index contributed by atoms with van der Waals surface area (Å²) in [6.45, 7) is 1.82. The van der Waals surface area contributed by atoms with Crippen molar-refractivity contribution in [2.24, 2.45) is 0 Å². The van der Waals surface area contributed by atoms with E-state index in [0.717, 1.165) is 5.56 Å². The van der Waals surface area contributed by atoms with Crippen molar-refractivity contribution in [3.8, 4) is 11.5 Å². The molecule has 0 spiro atoms. The van der Waals surface area contributed by atoms with Crippen molar-refractivity contribution in [3.63, 3.8) is 0 Å². The van der Waals surface area contributed by atoms with Gasteiger partial charge >= 0.3 is 5.97 Å². The highest BCUT2D eigenvalue weighted by Gasteiger charge is 2.31. The highest BCUT2D eigenvalue weighted by molar-refractivity contribution is 5.95. The van der Waals surface area contributed by atoms with E-state index in [1.54, 1.807) is 26.4 Å². The van der Waals surface area contributed by atoms with Crippen LogP contribution in [0.25, 0.3) is 0 Å². The van der Waals surface area contributed by atoms with Crippen LogP contribution in [0.3, 0.4) is 0 Å². The van der Waals surface area contributed by atoms with Gasteiger partial charge in [0, 0.05) is 11.6 Å². The van der Waals surface area contributed by atoms with Crippen molar-refractivity contribution in [3.05, 3.63) is 23.3 Å². The van der Waals surface area contributed by atoms with E-state index < -0.39 is 0 Å². The number of ether oxygens (including phenoxy) is 3. The SMILES string of the molecule is COc1cc(OC)c2c(c1)C(=O)OC2C. The number of hydrogen-bond acceptors (Lipinski definition) is 4. The molecule has 1 aliphatic heterocycles. The quantitative estimate of drug-likeness (QED) is 0.696. The Bertz CT molecular complexity index is 411. The summed E-state index contributed by atoms with van der Waals surface area (Å²) in [5.74, 6) is 0.897. The Morgan fingerprint density at radius 1 is 1.27 bits per heavy atom. The third-order valence-corrected chi connectivity index (χ3v) is 2.48. The van der Waals surface area contributed by atoms with Gasteiger partial charge in [-0.1, -0.05) is 0 Å². The molecule has 0 saturated heterocycles. The number of carbonyl (C=O) groups excluding carboxylic acids is 1. The van der Waals surface area contributed by atoms with Crippen LogP contribution in [-0.2, 0) is 4.74 Å². The van der Waals surface area contributed by atoms with Gasteiger partial charge in [0.25, 0.3) is 0 Å². The molecule has 0 amide bonds. The number of benzene rings is 1. The topological polar surface area (TPSA) is 44.8 Å². The largest absolute Gasteiger partial charge is 0.497 e. The van der Waals surface area contributed by atoms with Gasteiger partial charge in [-0.05, 0) is 13.0 Å². The van der Waals surface area contributed by atoms with Crippen molar-refractivity contribution in [1.29, 1.82) is 0 Å². The second-order valence-electron chi connectivity index (χ2n) is 3.34. The molecule has 0 bridgehead atoms. The third kappa shape index (κ3) is 1.42. The first kappa shape index (κ1) is 9.83. The van der Waals surface area contributed by atoms with E-state index in [0.29, 0.717) is 17.1 Å². The fourth-order valence-corrected chi connectivity index (χ4v) is 1.76. The minimum absolute atomic E-state index is 0.256. The first-order valence-electron chi connectivity index (χ1n) is 4.64. The lowest BCUT2D eigenvalue weighted by Crippen LogP contribution is -1.96. The molecule has 1 aromatic carbocycles. The van der Waals surface area contributed by atoms with Gasteiger partial charge in [0.15, 0.2) is 0 Å². The van der Waals surface area contributed by atoms with E-state index in [4.69, 9.17) is 14.2 Å². The van der Waals surface area contributed by atoms with Gasteiger partial charge in [0.1, 0.15) is 17.6 Å². The first-order valence-corrected chi connectivity index (χ1v) is 4.64. The third-order valence-electron chi connectivity index (χ3n) is 2.48. The van der Waals surface area contributed by atoms with Crippen molar-refractivity contribution < 1.29 is 19.0 Å². The maximum Gasteiger partial charge on any atom is 0.339 e. The Hall–Kier alpha value is -1.71. The lowest BCUT2D eigenvalue weighted by molar-refractivity contribution is 0.0420. The summed E-state index contributed by atoms with van der Waals surface area (Å²) in [5.41, 5.74) is 1.32. The molecule has 80 valence electrons. The molecule has 0 aromatic heterocycles. The fourth-order valence-electron chi connectivity index (χ4n) is 1.76. The fraction of sp³-hybridized carbons (Fsp3) is 0.364. The molecule has 1 atom stereocenters. The number of hydrogen-bond donors (Lipinski definition) is 0. The molecule has 4 heteroatoms. The summed E-state index contributed by atoms with van der Waals surface area (Å²) in [7, 11) is 3.11. The number of cyclic esters (lactones) is 1. The maximum atomic E-state index is 11.5. The number of esters is 1. The highest BCUT2D eigenvalue weighted by Crippen LogP contribution is 2.39. The van der Waals surface area contributed by atoms with E-state index in [1.807, 2.05) is 6.92 Å². The molecule has 4 nitrogen and oxygen atoms in total. The predicted molar refractivity (Wildman–Crippen MR) is 53.4 cm³/mol. The number of methoxy groups -OCH3 is 2. The Morgan fingerprint density at radius 2 is 2.00 bits per heavy atom. The monoisotopic (exact) mass is 208 g/mol.